The number of hydrogen-bond acceptors (Lipinski definition) is 6. The maximum atomic E-state index is 13.4. The maximum Gasteiger partial charge on any atom is 0.244 e. The minimum atomic E-state index is -3.07. The van der Waals surface area contributed by atoms with Gasteiger partial charge in [-0.1, -0.05) is 17.8 Å². The zero-order valence-electron chi connectivity index (χ0n) is 16.6. The Morgan fingerprint density at radius 1 is 1.17 bits per heavy atom. The average Bonchev–Trinajstić information content (AvgIpc) is 3.17. The molecule has 2 aromatic rings. The fourth-order valence-electron chi connectivity index (χ4n) is 3.52. The first-order valence-corrected chi connectivity index (χ1v) is 12.3. The smallest absolute Gasteiger partial charge is 0.244 e. The van der Waals surface area contributed by atoms with Crippen molar-refractivity contribution in [1.29, 1.82) is 0 Å². The fraction of sp³-hybridized carbons (Fsp3) is 0.333. The van der Waals surface area contributed by atoms with Gasteiger partial charge < -0.3 is 10.2 Å². The predicted octanol–water partition coefficient (Wildman–Crippen LogP) is 3.16. The summed E-state index contributed by atoms with van der Waals surface area (Å²) < 4.78 is 37.1. The van der Waals surface area contributed by atoms with E-state index in [0.29, 0.717) is 16.5 Å². The molecule has 0 spiro atoms. The normalized spacial score (nSPS) is 21.8. The van der Waals surface area contributed by atoms with E-state index < -0.39 is 9.84 Å². The van der Waals surface area contributed by atoms with Crippen LogP contribution in [0.3, 0.4) is 0 Å². The summed E-state index contributed by atoms with van der Waals surface area (Å²) in [7, 11) is -3.07. The van der Waals surface area contributed by atoms with Crippen LogP contribution in [0.15, 0.2) is 47.5 Å². The molecule has 1 saturated heterocycles. The van der Waals surface area contributed by atoms with Crippen molar-refractivity contribution in [2.75, 3.05) is 28.3 Å². The molecule has 2 heterocycles. The van der Waals surface area contributed by atoms with Crippen LogP contribution in [-0.2, 0) is 14.6 Å². The molecule has 2 aliphatic heterocycles. The number of aryl methyl sites for hydroxylation is 2. The maximum absolute atomic E-state index is 13.4. The molecule has 4 rings (SSSR count). The summed E-state index contributed by atoms with van der Waals surface area (Å²) in [4.78, 5) is 19.1. The number of nitrogens with zero attached hydrogens (tertiary/aromatic N) is 2. The van der Waals surface area contributed by atoms with Gasteiger partial charge in [-0.3, -0.25) is 9.79 Å². The van der Waals surface area contributed by atoms with Gasteiger partial charge in [0.15, 0.2) is 15.0 Å². The summed E-state index contributed by atoms with van der Waals surface area (Å²) in [5, 5.41) is 3.34. The topological polar surface area (TPSA) is 78.8 Å². The van der Waals surface area contributed by atoms with Crippen molar-refractivity contribution in [2.24, 2.45) is 4.99 Å². The van der Waals surface area contributed by atoms with E-state index in [-0.39, 0.29) is 41.1 Å². The van der Waals surface area contributed by atoms with Gasteiger partial charge in [0.2, 0.25) is 5.91 Å². The highest BCUT2D eigenvalue weighted by Gasteiger charge is 2.44. The lowest BCUT2D eigenvalue weighted by molar-refractivity contribution is -0.114. The molecule has 2 aromatic carbocycles. The number of halogens is 1. The van der Waals surface area contributed by atoms with Gasteiger partial charge in [-0.25, -0.2) is 12.8 Å². The SMILES string of the molecule is Cc1ccc(NC(=O)CN(C2=N[C@H]3CS(=O)(=O)C[C@H]3S2)c2ccc(F)cc2)cc1C. The standard InChI is InChI=1S/C21H22FN3O3S2/c1-13-3-6-16(9-14(13)2)23-20(26)10-25(17-7-4-15(22)5-8-17)21-24-18-11-30(27,28)12-19(18)29-21/h3-9,18-19H,10-12H2,1-2H3,(H,23,26)/t18-,19+/m0/s1. The number of amides is 1. The highest BCUT2D eigenvalue weighted by Crippen LogP contribution is 2.36. The molecule has 9 heteroatoms. The van der Waals surface area contributed by atoms with Gasteiger partial charge in [0, 0.05) is 16.6 Å². The van der Waals surface area contributed by atoms with Crippen LogP contribution in [-0.4, -0.2) is 48.8 Å². The molecule has 1 amide bonds. The van der Waals surface area contributed by atoms with Gasteiger partial charge in [0.25, 0.3) is 0 Å². The lowest BCUT2D eigenvalue weighted by Crippen LogP contribution is -2.36. The number of aliphatic imine (C=N–C) groups is 1. The van der Waals surface area contributed by atoms with Crippen LogP contribution < -0.4 is 10.2 Å². The Hall–Kier alpha value is -2.39. The van der Waals surface area contributed by atoms with E-state index in [1.54, 1.807) is 17.0 Å². The summed E-state index contributed by atoms with van der Waals surface area (Å²) >= 11 is 1.37. The van der Waals surface area contributed by atoms with E-state index in [0.717, 1.165) is 11.1 Å². The Labute approximate surface area is 179 Å². The van der Waals surface area contributed by atoms with Crippen molar-refractivity contribution in [3.05, 3.63) is 59.4 Å². The Bertz CT molecular complexity index is 1120. The highest BCUT2D eigenvalue weighted by molar-refractivity contribution is 8.15. The fourth-order valence-corrected chi connectivity index (χ4v) is 7.30. The number of hydrogen-bond donors (Lipinski definition) is 1. The largest absolute Gasteiger partial charge is 0.325 e. The third-order valence-corrected chi connectivity index (χ3v) is 8.51. The zero-order valence-corrected chi connectivity index (χ0v) is 18.3. The number of benzene rings is 2. The molecule has 0 unspecified atom stereocenters. The molecule has 6 nitrogen and oxygen atoms in total. The Morgan fingerprint density at radius 2 is 1.90 bits per heavy atom. The average molecular weight is 448 g/mol. The minimum absolute atomic E-state index is 0.0173. The van der Waals surface area contributed by atoms with Crippen molar-refractivity contribution < 1.29 is 17.6 Å². The Morgan fingerprint density at radius 3 is 2.57 bits per heavy atom. The third-order valence-electron chi connectivity index (χ3n) is 5.27. The predicted molar refractivity (Wildman–Crippen MR) is 120 cm³/mol. The number of nitrogens with one attached hydrogen (secondary N) is 1. The second-order valence-corrected chi connectivity index (χ2v) is 11.0. The number of carbonyl (C=O) groups is 1. The molecule has 0 aromatic heterocycles. The van der Waals surface area contributed by atoms with Crippen LogP contribution in [0.25, 0.3) is 0 Å². The second kappa shape index (κ2) is 8.03. The van der Waals surface area contributed by atoms with Crippen LogP contribution >= 0.6 is 11.8 Å². The summed E-state index contributed by atoms with van der Waals surface area (Å²) in [5.74, 6) is -0.500. The first-order valence-electron chi connectivity index (χ1n) is 9.55. The van der Waals surface area contributed by atoms with Crippen molar-refractivity contribution in [2.45, 2.75) is 25.1 Å². The molecule has 0 aliphatic carbocycles. The van der Waals surface area contributed by atoms with Crippen LogP contribution in [0.1, 0.15) is 11.1 Å². The van der Waals surface area contributed by atoms with Gasteiger partial charge >= 0.3 is 0 Å². The van der Waals surface area contributed by atoms with Crippen LogP contribution in [0.5, 0.6) is 0 Å². The van der Waals surface area contributed by atoms with Crippen molar-refractivity contribution in [3.8, 4) is 0 Å². The molecule has 1 fully saturated rings. The zero-order chi connectivity index (χ0) is 21.5. The molecule has 0 bridgehead atoms. The lowest BCUT2D eigenvalue weighted by Gasteiger charge is -2.24. The summed E-state index contributed by atoms with van der Waals surface area (Å²) in [6.45, 7) is 3.97. The first kappa shape index (κ1) is 20.9. The molecule has 2 atom stereocenters. The molecule has 158 valence electrons. The van der Waals surface area contributed by atoms with Gasteiger partial charge in [-0.2, -0.15) is 0 Å². The molecule has 2 aliphatic rings. The molecular weight excluding hydrogens is 425 g/mol. The van der Waals surface area contributed by atoms with Crippen LogP contribution in [0.4, 0.5) is 15.8 Å². The molecule has 0 radical (unpaired) electrons. The minimum Gasteiger partial charge on any atom is -0.325 e. The monoisotopic (exact) mass is 447 g/mol. The molecular formula is C21H22FN3O3S2. The number of anilines is 2. The first-order chi connectivity index (χ1) is 14.2. The number of carbonyl (C=O) groups excluding carboxylic acids is 1. The number of fused-ring (bicyclic) bond motifs is 1. The van der Waals surface area contributed by atoms with E-state index >= 15 is 0 Å². The number of rotatable bonds is 4. The molecule has 30 heavy (non-hydrogen) atoms. The van der Waals surface area contributed by atoms with Gasteiger partial charge in [-0.05, 0) is 61.4 Å². The summed E-state index contributed by atoms with van der Waals surface area (Å²) in [6.07, 6.45) is 0. The number of thioether (sulfide) groups is 1. The lowest BCUT2D eigenvalue weighted by atomic mass is 10.1. The van der Waals surface area contributed by atoms with Gasteiger partial charge in [-0.15, -0.1) is 0 Å². The van der Waals surface area contributed by atoms with Crippen molar-refractivity contribution in [3.63, 3.8) is 0 Å². The van der Waals surface area contributed by atoms with Gasteiger partial charge in [0.1, 0.15) is 12.4 Å². The quantitative estimate of drug-likeness (QED) is 0.779. The van der Waals surface area contributed by atoms with Gasteiger partial charge in [0.05, 0.1) is 17.5 Å². The number of sulfone groups is 1. The Kier molecular flexibility index (Phi) is 5.59. The molecule has 0 saturated carbocycles. The van der Waals surface area contributed by atoms with E-state index in [4.69, 9.17) is 0 Å². The summed E-state index contributed by atoms with van der Waals surface area (Å²) in [5.41, 5.74) is 3.54. The number of amidine groups is 1. The Balaban J connectivity index is 1.56. The van der Waals surface area contributed by atoms with Crippen LogP contribution in [0, 0.1) is 19.7 Å². The van der Waals surface area contributed by atoms with Crippen LogP contribution in [0.2, 0.25) is 0 Å². The van der Waals surface area contributed by atoms with E-state index in [2.05, 4.69) is 10.3 Å². The van der Waals surface area contributed by atoms with Crippen molar-refractivity contribution >= 4 is 44.0 Å². The van der Waals surface area contributed by atoms with E-state index in [1.807, 2.05) is 32.0 Å². The summed E-state index contributed by atoms with van der Waals surface area (Å²) in [6, 6.07) is 11.2. The van der Waals surface area contributed by atoms with E-state index in [9.17, 15) is 17.6 Å². The molecule has 1 N–H and O–H groups in total. The van der Waals surface area contributed by atoms with E-state index in [1.165, 1.54) is 23.9 Å². The second-order valence-electron chi connectivity index (χ2n) is 7.62. The highest BCUT2D eigenvalue weighted by atomic mass is 32.2. The van der Waals surface area contributed by atoms with Crippen molar-refractivity contribution in [1.82, 2.24) is 0 Å². The third kappa shape index (κ3) is 4.52.